The summed E-state index contributed by atoms with van der Waals surface area (Å²) in [5, 5.41) is 3.63. The van der Waals surface area contributed by atoms with Gasteiger partial charge in [0.2, 0.25) is 0 Å². The highest BCUT2D eigenvalue weighted by Gasteiger charge is 2.23. The number of nitrogens with one attached hydrogen (secondary N) is 1. The molecule has 2 unspecified atom stereocenters. The minimum Gasteiger partial charge on any atom is -0.316 e. The second-order valence-corrected chi connectivity index (χ2v) is 6.64. The molecule has 20 heavy (non-hydrogen) atoms. The number of hydrogen-bond donors (Lipinski definition) is 1. The van der Waals surface area contributed by atoms with E-state index < -0.39 is 0 Å². The Balaban J connectivity index is 1.83. The van der Waals surface area contributed by atoms with E-state index in [1.165, 1.54) is 38.0 Å². The van der Waals surface area contributed by atoms with Crippen LogP contribution in [0.15, 0.2) is 30.3 Å². The van der Waals surface area contributed by atoms with Crippen LogP contribution in [0, 0.1) is 11.8 Å². The molecular formula is C18H30N2. The van der Waals surface area contributed by atoms with Gasteiger partial charge in [-0.2, -0.15) is 0 Å². The third-order valence-electron chi connectivity index (χ3n) is 4.37. The van der Waals surface area contributed by atoms with Gasteiger partial charge in [-0.1, -0.05) is 44.2 Å². The fourth-order valence-corrected chi connectivity index (χ4v) is 3.13. The van der Waals surface area contributed by atoms with Crippen LogP contribution in [0.1, 0.15) is 45.2 Å². The lowest BCUT2D eigenvalue weighted by Crippen LogP contribution is -2.41. The third-order valence-corrected chi connectivity index (χ3v) is 4.37. The largest absolute Gasteiger partial charge is 0.316 e. The summed E-state index contributed by atoms with van der Waals surface area (Å²) in [5.74, 6) is 1.56. The van der Waals surface area contributed by atoms with Crippen molar-refractivity contribution in [2.45, 2.75) is 39.7 Å². The number of likely N-dealkylation sites (tertiary alicyclic amines) is 1. The van der Waals surface area contributed by atoms with Gasteiger partial charge >= 0.3 is 0 Å². The summed E-state index contributed by atoms with van der Waals surface area (Å²) in [7, 11) is 0. The molecule has 2 atom stereocenters. The van der Waals surface area contributed by atoms with Gasteiger partial charge in [-0.05, 0) is 56.8 Å². The Hall–Kier alpha value is -0.860. The van der Waals surface area contributed by atoms with E-state index in [1.807, 2.05) is 0 Å². The molecule has 1 aromatic rings. The lowest BCUT2D eigenvalue weighted by Gasteiger charge is -2.37. The maximum atomic E-state index is 3.63. The molecule has 1 saturated heterocycles. The lowest BCUT2D eigenvalue weighted by atomic mass is 9.95. The van der Waals surface area contributed by atoms with E-state index >= 15 is 0 Å². The molecule has 1 N–H and O–H groups in total. The predicted molar refractivity (Wildman–Crippen MR) is 86.9 cm³/mol. The summed E-state index contributed by atoms with van der Waals surface area (Å²) in [6.07, 6.45) is 2.72. The van der Waals surface area contributed by atoms with E-state index in [4.69, 9.17) is 0 Å². The molecule has 0 aliphatic carbocycles. The molecular weight excluding hydrogens is 244 g/mol. The van der Waals surface area contributed by atoms with E-state index in [9.17, 15) is 0 Å². The van der Waals surface area contributed by atoms with Crippen molar-refractivity contribution in [2.24, 2.45) is 11.8 Å². The van der Waals surface area contributed by atoms with Crippen molar-refractivity contribution in [3.05, 3.63) is 35.9 Å². The molecule has 0 spiro atoms. The summed E-state index contributed by atoms with van der Waals surface area (Å²) in [6.45, 7) is 11.7. The van der Waals surface area contributed by atoms with E-state index in [0.717, 1.165) is 18.4 Å². The quantitative estimate of drug-likeness (QED) is 0.851. The Labute approximate surface area is 124 Å². The first-order chi connectivity index (χ1) is 9.66. The maximum absolute atomic E-state index is 3.63. The molecule has 0 saturated carbocycles. The third kappa shape index (κ3) is 4.60. The molecule has 1 heterocycles. The fraction of sp³-hybridized carbons (Fsp3) is 0.667. The van der Waals surface area contributed by atoms with Gasteiger partial charge in [0.25, 0.3) is 0 Å². The predicted octanol–water partition coefficient (Wildman–Crippen LogP) is 3.71. The van der Waals surface area contributed by atoms with E-state index in [2.05, 4.69) is 61.3 Å². The number of nitrogens with zero attached hydrogens (tertiary/aromatic N) is 1. The van der Waals surface area contributed by atoms with Crippen LogP contribution in [0.25, 0.3) is 0 Å². The fourth-order valence-electron chi connectivity index (χ4n) is 3.13. The van der Waals surface area contributed by atoms with Crippen molar-refractivity contribution in [1.29, 1.82) is 0 Å². The average Bonchev–Trinajstić information content (AvgIpc) is 2.47. The van der Waals surface area contributed by atoms with Crippen LogP contribution in [0.4, 0.5) is 0 Å². The highest BCUT2D eigenvalue weighted by Crippen LogP contribution is 2.26. The Morgan fingerprint density at radius 3 is 2.65 bits per heavy atom. The molecule has 2 rings (SSSR count). The first-order valence-corrected chi connectivity index (χ1v) is 8.16. The summed E-state index contributed by atoms with van der Waals surface area (Å²) in [6, 6.07) is 11.5. The number of piperidine rings is 1. The van der Waals surface area contributed by atoms with Crippen molar-refractivity contribution < 1.29 is 0 Å². The zero-order valence-electron chi connectivity index (χ0n) is 13.3. The van der Waals surface area contributed by atoms with Crippen molar-refractivity contribution in [2.75, 3.05) is 26.2 Å². The lowest BCUT2D eigenvalue weighted by molar-refractivity contribution is 0.130. The van der Waals surface area contributed by atoms with Crippen LogP contribution in [0.2, 0.25) is 0 Å². The van der Waals surface area contributed by atoms with Crippen LogP contribution in [-0.4, -0.2) is 31.1 Å². The normalized spacial score (nSPS) is 22.1. The van der Waals surface area contributed by atoms with E-state index in [0.29, 0.717) is 6.04 Å². The molecule has 0 bridgehead atoms. The molecule has 0 radical (unpaired) electrons. The van der Waals surface area contributed by atoms with Gasteiger partial charge in [-0.3, -0.25) is 4.90 Å². The standard InChI is InChI=1S/C18H30N2/c1-15(2)12-19-13-17-8-7-11-20(14-17)16(3)18-9-5-4-6-10-18/h4-6,9-10,15-17,19H,7-8,11-14H2,1-3H3. The molecule has 1 aliphatic heterocycles. The Morgan fingerprint density at radius 1 is 1.20 bits per heavy atom. The minimum absolute atomic E-state index is 0.545. The minimum atomic E-state index is 0.545. The monoisotopic (exact) mass is 274 g/mol. The molecule has 2 heteroatoms. The van der Waals surface area contributed by atoms with Gasteiger partial charge < -0.3 is 5.32 Å². The number of rotatable bonds is 6. The van der Waals surface area contributed by atoms with Gasteiger partial charge in [0.05, 0.1) is 0 Å². The molecule has 1 aromatic carbocycles. The second kappa shape index (κ2) is 7.80. The van der Waals surface area contributed by atoms with Crippen molar-refractivity contribution >= 4 is 0 Å². The maximum Gasteiger partial charge on any atom is 0.0320 e. The molecule has 0 amide bonds. The summed E-state index contributed by atoms with van der Waals surface area (Å²) >= 11 is 0. The van der Waals surface area contributed by atoms with Gasteiger partial charge in [-0.15, -0.1) is 0 Å². The van der Waals surface area contributed by atoms with Gasteiger partial charge in [-0.25, -0.2) is 0 Å². The highest BCUT2D eigenvalue weighted by atomic mass is 15.2. The van der Waals surface area contributed by atoms with Crippen LogP contribution in [-0.2, 0) is 0 Å². The second-order valence-electron chi connectivity index (χ2n) is 6.64. The first-order valence-electron chi connectivity index (χ1n) is 8.16. The number of benzene rings is 1. The Kier molecular flexibility index (Phi) is 6.06. The smallest absolute Gasteiger partial charge is 0.0320 e. The van der Waals surface area contributed by atoms with E-state index in [-0.39, 0.29) is 0 Å². The van der Waals surface area contributed by atoms with Gasteiger partial charge in [0, 0.05) is 12.6 Å². The van der Waals surface area contributed by atoms with Gasteiger partial charge in [0.1, 0.15) is 0 Å². The van der Waals surface area contributed by atoms with Crippen LogP contribution < -0.4 is 5.32 Å². The van der Waals surface area contributed by atoms with Crippen LogP contribution >= 0.6 is 0 Å². The molecule has 2 nitrogen and oxygen atoms in total. The van der Waals surface area contributed by atoms with Crippen LogP contribution in [0.3, 0.4) is 0 Å². The summed E-state index contributed by atoms with van der Waals surface area (Å²) in [4.78, 5) is 2.65. The highest BCUT2D eigenvalue weighted by molar-refractivity contribution is 5.18. The zero-order valence-corrected chi connectivity index (χ0v) is 13.3. The Morgan fingerprint density at radius 2 is 1.95 bits per heavy atom. The van der Waals surface area contributed by atoms with Crippen molar-refractivity contribution in [1.82, 2.24) is 10.2 Å². The van der Waals surface area contributed by atoms with Crippen molar-refractivity contribution in [3.63, 3.8) is 0 Å². The van der Waals surface area contributed by atoms with Gasteiger partial charge in [0.15, 0.2) is 0 Å². The molecule has 1 fully saturated rings. The number of hydrogen-bond acceptors (Lipinski definition) is 2. The zero-order chi connectivity index (χ0) is 14.4. The van der Waals surface area contributed by atoms with Crippen LogP contribution in [0.5, 0.6) is 0 Å². The van der Waals surface area contributed by atoms with E-state index in [1.54, 1.807) is 0 Å². The Bertz CT molecular complexity index is 374. The SMILES string of the molecule is CC(C)CNCC1CCCN(C(C)c2ccccc2)C1. The first kappa shape index (κ1) is 15.5. The average molecular weight is 274 g/mol. The summed E-state index contributed by atoms with van der Waals surface area (Å²) in [5.41, 5.74) is 1.45. The summed E-state index contributed by atoms with van der Waals surface area (Å²) < 4.78 is 0. The van der Waals surface area contributed by atoms with Crippen molar-refractivity contribution in [3.8, 4) is 0 Å². The topological polar surface area (TPSA) is 15.3 Å². The molecule has 112 valence electrons. The molecule has 0 aromatic heterocycles. The molecule has 1 aliphatic rings.